The molecule has 230 valence electrons. The lowest BCUT2D eigenvalue weighted by atomic mass is 9.81. The molecular formula is C31H38N4O5S3. The molecule has 2 aromatic carbocycles. The Bertz CT molecular complexity index is 1680. The Kier molecular flexibility index (Phi) is 9.11. The summed E-state index contributed by atoms with van der Waals surface area (Å²) < 4.78 is 39.3. The zero-order valence-electron chi connectivity index (χ0n) is 25.3. The monoisotopic (exact) mass is 642 g/mol. The summed E-state index contributed by atoms with van der Waals surface area (Å²) in [6.07, 6.45) is 0.790. The summed E-state index contributed by atoms with van der Waals surface area (Å²) in [5.41, 5.74) is 2.99. The van der Waals surface area contributed by atoms with Gasteiger partial charge in [0.15, 0.2) is 0 Å². The molecule has 0 bridgehead atoms. The highest BCUT2D eigenvalue weighted by Gasteiger charge is 2.41. The van der Waals surface area contributed by atoms with Gasteiger partial charge in [-0.2, -0.15) is 4.31 Å². The minimum atomic E-state index is -3.80. The van der Waals surface area contributed by atoms with Crippen molar-refractivity contribution in [2.75, 3.05) is 45.8 Å². The Balaban J connectivity index is 1.48. The number of hydrogen-bond acceptors (Lipinski definition) is 9. The maximum absolute atomic E-state index is 13.6. The van der Waals surface area contributed by atoms with Gasteiger partial charge in [-0.05, 0) is 76.1 Å². The van der Waals surface area contributed by atoms with Crippen molar-refractivity contribution in [3.63, 3.8) is 0 Å². The molecule has 0 spiro atoms. The Morgan fingerprint density at radius 2 is 1.65 bits per heavy atom. The third-order valence-corrected chi connectivity index (χ3v) is 11.9. The second-order valence-electron chi connectivity index (χ2n) is 11.8. The SMILES string of the molecule is COCCN(CCOC)S(=O)(=O)c1ccc(C(=O)Nc2sc3c(c2-c2nc4ccccc4s2)CC(C)(C)NC3(C)C)cc1. The van der Waals surface area contributed by atoms with Crippen molar-refractivity contribution >= 4 is 53.8 Å². The minimum absolute atomic E-state index is 0.105. The van der Waals surface area contributed by atoms with Gasteiger partial charge >= 0.3 is 0 Å². The largest absolute Gasteiger partial charge is 0.383 e. The van der Waals surface area contributed by atoms with E-state index < -0.39 is 10.0 Å². The molecule has 0 unspecified atom stereocenters. The highest BCUT2D eigenvalue weighted by Crippen LogP contribution is 2.50. The van der Waals surface area contributed by atoms with Crippen LogP contribution in [0.15, 0.2) is 53.4 Å². The van der Waals surface area contributed by atoms with Crippen LogP contribution in [0, 0.1) is 0 Å². The van der Waals surface area contributed by atoms with Crippen LogP contribution in [-0.2, 0) is 31.5 Å². The number of ether oxygens (including phenoxy) is 2. The van der Waals surface area contributed by atoms with Crippen molar-refractivity contribution in [3.05, 3.63) is 64.5 Å². The summed E-state index contributed by atoms with van der Waals surface area (Å²) in [6, 6.07) is 14.1. The molecule has 2 aromatic heterocycles. The molecule has 0 atom stereocenters. The third kappa shape index (κ3) is 6.56. The zero-order chi connectivity index (χ0) is 31.0. The number of amides is 1. The van der Waals surface area contributed by atoms with Gasteiger partial charge in [-0.25, -0.2) is 13.4 Å². The molecule has 1 aliphatic rings. The number of nitrogens with one attached hydrogen (secondary N) is 2. The van der Waals surface area contributed by atoms with Crippen molar-refractivity contribution in [3.8, 4) is 10.6 Å². The molecular weight excluding hydrogens is 605 g/mol. The summed E-state index contributed by atoms with van der Waals surface area (Å²) >= 11 is 3.19. The van der Waals surface area contributed by atoms with Gasteiger partial charge in [0.1, 0.15) is 10.0 Å². The Labute approximate surface area is 261 Å². The first-order valence-corrected chi connectivity index (χ1v) is 17.1. The molecule has 0 saturated heterocycles. The molecule has 9 nitrogen and oxygen atoms in total. The first-order valence-electron chi connectivity index (χ1n) is 14.1. The molecule has 12 heteroatoms. The average Bonchev–Trinajstić information content (AvgIpc) is 3.53. The standard InChI is InChI=1S/C31H38N4O5S3/c1-30(2)19-22-25(28-32-23-9-7-8-10-24(23)41-28)29(42-26(22)31(3,4)34-30)33-27(36)20-11-13-21(14-12-20)43(37,38)35(15-17-39-5)16-18-40-6/h7-14,34H,15-19H2,1-6H3,(H,33,36). The van der Waals surface area contributed by atoms with Gasteiger partial charge in [-0.15, -0.1) is 22.7 Å². The second kappa shape index (κ2) is 12.4. The number of nitrogens with zero attached hydrogens (tertiary/aromatic N) is 2. The first-order chi connectivity index (χ1) is 20.4. The number of benzene rings is 2. The van der Waals surface area contributed by atoms with Crippen LogP contribution >= 0.6 is 22.7 Å². The van der Waals surface area contributed by atoms with Gasteiger partial charge in [-0.1, -0.05) is 12.1 Å². The van der Waals surface area contributed by atoms with E-state index in [4.69, 9.17) is 14.5 Å². The normalized spacial score (nSPS) is 16.0. The zero-order valence-corrected chi connectivity index (χ0v) is 27.8. The van der Waals surface area contributed by atoms with E-state index in [-0.39, 0.29) is 48.2 Å². The van der Waals surface area contributed by atoms with Crippen LogP contribution < -0.4 is 10.6 Å². The number of carbonyl (C=O) groups excluding carboxylic acids is 1. The fraction of sp³-hybridized carbons (Fsp3) is 0.419. The van der Waals surface area contributed by atoms with Gasteiger partial charge in [0.25, 0.3) is 5.91 Å². The molecule has 2 N–H and O–H groups in total. The highest BCUT2D eigenvalue weighted by molar-refractivity contribution is 7.89. The van der Waals surface area contributed by atoms with Crippen LogP contribution in [0.4, 0.5) is 5.00 Å². The van der Waals surface area contributed by atoms with Crippen molar-refractivity contribution in [2.24, 2.45) is 0 Å². The molecule has 3 heterocycles. The van der Waals surface area contributed by atoms with Crippen molar-refractivity contribution < 1.29 is 22.7 Å². The minimum Gasteiger partial charge on any atom is -0.383 e. The van der Waals surface area contributed by atoms with E-state index in [1.54, 1.807) is 34.8 Å². The number of thiophene rings is 1. The average molecular weight is 643 g/mol. The Morgan fingerprint density at radius 1 is 1.00 bits per heavy atom. The lowest BCUT2D eigenvalue weighted by Crippen LogP contribution is -2.54. The van der Waals surface area contributed by atoms with Crippen LogP contribution in [0.25, 0.3) is 20.8 Å². The number of thiazole rings is 1. The molecule has 0 radical (unpaired) electrons. The molecule has 0 fully saturated rings. The van der Waals surface area contributed by atoms with Gasteiger partial charge in [0.2, 0.25) is 10.0 Å². The van der Waals surface area contributed by atoms with Gasteiger partial charge in [0.05, 0.1) is 28.3 Å². The molecule has 43 heavy (non-hydrogen) atoms. The van der Waals surface area contributed by atoms with Crippen molar-refractivity contribution in [1.29, 1.82) is 0 Å². The molecule has 1 aliphatic heterocycles. The maximum Gasteiger partial charge on any atom is 0.256 e. The highest BCUT2D eigenvalue weighted by atomic mass is 32.2. The van der Waals surface area contributed by atoms with E-state index in [1.165, 1.54) is 41.1 Å². The number of aromatic nitrogens is 1. The van der Waals surface area contributed by atoms with E-state index in [1.807, 2.05) is 18.2 Å². The predicted molar refractivity (Wildman–Crippen MR) is 174 cm³/mol. The molecule has 5 rings (SSSR count). The quantitative estimate of drug-likeness (QED) is 0.215. The van der Waals surface area contributed by atoms with Crippen LogP contribution in [0.5, 0.6) is 0 Å². The summed E-state index contributed by atoms with van der Waals surface area (Å²) in [5.74, 6) is -0.314. The number of hydrogen-bond donors (Lipinski definition) is 2. The number of fused-ring (bicyclic) bond motifs is 2. The van der Waals surface area contributed by atoms with Gasteiger partial charge < -0.3 is 20.1 Å². The topological polar surface area (TPSA) is 110 Å². The van der Waals surface area contributed by atoms with Crippen LogP contribution in [-0.4, -0.2) is 69.7 Å². The number of para-hydroxylation sites is 1. The smallest absolute Gasteiger partial charge is 0.256 e. The summed E-state index contributed by atoms with van der Waals surface area (Å²) in [6.45, 7) is 9.63. The van der Waals surface area contributed by atoms with Gasteiger partial charge in [-0.3, -0.25) is 4.79 Å². The van der Waals surface area contributed by atoms with E-state index in [9.17, 15) is 13.2 Å². The fourth-order valence-corrected chi connectivity index (χ4v) is 9.45. The number of carbonyl (C=O) groups is 1. The lowest BCUT2D eigenvalue weighted by Gasteiger charge is -2.42. The molecule has 0 aliphatic carbocycles. The maximum atomic E-state index is 13.6. The summed E-state index contributed by atoms with van der Waals surface area (Å²) in [7, 11) is -0.745. The van der Waals surface area contributed by atoms with E-state index in [0.29, 0.717) is 5.56 Å². The summed E-state index contributed by atoms with van der Waals surface area (Å²) in [5, 5.41) is 8.52. The third-order valence-electron chi connectivity index (χ3n) is 7.42. The molecule has 1 amide bonds. The van der Waals surface area contributed by atoms with Crippen LogP contribution in [0.3, 0.4) is 0 Å². The fourth-order valence-electron chi connectivity index (χ4n) is 5.66. The van der Waals surface area contributed by atoms with E-state index >= 15 is 0 Å². The van der Waals surface area contributed by atoms with E-state index in [0.717, 1.165) is 32.2 Å². The Hall–Kier alpha value is -2.71. The molecule has 0 saturated carbocycles. The van der Waals surface area contributed by atoms with Gasteiger partial charge in [0, 0.05) is 54.4 Å². The van der Waals surface area contributed by atoms with E-state index in [2.05, 4.69) is 44.4 Å². The Morgan fingerprint density at radius 3 is 2.28 bits per heavy atom. The summed E-state index contributed by atoms with van der Waals surface area (Å²) in [4.78, 5) is 19.9. The van der Waals surface area contributed by atoms with Crippen LogP contribution in [0.1, 0.15) is 48.5 Å². The van der Waals surface area contributed by atoms with Crippen LogP contribution in [0.2, 0.25) is 0 Å². The van der Waals surface area contributed by atoms with Crippen molar-refractivity contribution in [1.82, 2.24) is 14.6 Å². The number of anilines is 1. The lowest BCUT2D eigenvalue weighted by molar-refractivity contribution is 0.102. The second-order valence-corrected chi connectivity index (χ2v) is 15.8. The number of methoxy groups -OCH3 is 2. The van der Waals surface area contributed by atoms with Crippen molar-refractivity contribution in [2.45, 2.75) is 50.1 Å². The molecule has 4 aromatic rings. The number of rotatable bonds is 11. The predicted octanol–water partition coefficient (Wildman–Crippen LogP) is 5.72. The number of sulfonamides is 1. The first kappa shape index (κ1) is 31.7.